The van der Waals surface area contributed by atoms with Crippen molar-refractivity contribution < 1.29 is 19.0 Å². The first-order valence-corrected chi connectivity index (χ1v) is 6.89. The van der Waals surface area contributed by atoms with Crippen molar-refractivity contribution in [3.05, 3.63) is 53.1 Å². The number of aliphatic hydroxyl groups is 1. The van der Waals surface area contributed by atoms with Crippen LogP contribution in [0.5, 0.6) is 5.75 Å². The van der Waals surface area contributed by atoms with Gasteiger partial charge in [0.05, 0.1) is 18.4 Å². The van der Waals surface area contributed by atoms with Crippen LogP contribution in [0.25, 0.3) is 0 Å². The van der Waals surface area contributed by atoms with Gasteiger partial charge in [-0.3, -0.25) is 0 Å². The van der Waals surface area contributed by atoms with E-state index in [1.807, 2.05) is 13.0 Å². The first-order valence-electron chi connectivity index (χ1n) is 6.89. The number of methoxy groups -OCH3 is 1. The van der Waals surface area contributed by atoms with Gasteiger partial charge in [0.2, 0.25) is 18.1 Å². The van der Waals surface area contributed by atoms with E-state index < -0.39 is 12.2 Å². The summed E-state index contributed by atoms with van der Waals surface area (Å²) in [6, 6.07) is 6.60. The molecule has 2 heterocycles. The summed E-state index contributed by atoms with van der Waals surface area (Å²) < 4.78 is 24.4. The third kappa shape index (κ3) is 2.42. The molecule has 0 bridgehead atoms. The Morgan fingerprint density at radius 1 is 1.41 bits per heavy atom. The number of aliphatic hydroxyl groups excluding tert-OH is 1. The standard InChI is InChI=1S/C16H15FN2O3/c1-3-9-7-10(21-2)8-12-13(9)16(20)22-15(19-12)11-5-4-6-18-14(11)17/h4-8,16,20H,3H2,1-2H3. The zero-order valence-electron chi connectivity index (χ0n) is 12.2. The van der Waals surface area contributed by atoms with Gasteiger partial charge in [0.15, 0.2) is 0 Å². The van der Waals surface area contributed by atoms with E-state index in [-0.39, 0.29) is 11.5 Å². The minimum atomic E-state index is -1.21. The van der Waals surface area contributed by atoms with Gasteiger partial charge in [0.1, 0.15) is 5.75 Å². The van der Waals surface area contributed by atoms with Gasteiger partial charge in [0, 0.05) is 17.8 Å². The highest BCUT2D eigenvalue weighted by atomic mass is 19.1. The number of hydrogen-bond donors (Lipinski definition) is 1. The molecule has 0 saturated carbocycles. The fraction of sp³-hybridized carbons (Fsp3) is 0.250. The molecule has 1 N–H and O–H groups in total. The first-order chi connectivity index (χ1) is 10.6. The predicted molar refractivity (Wildman–Crippen MR) is 78.8 cm³/mol. The molecule has 0 fully saturated rings. The van der Waals surface area contributed by atoms with Crippen molar-refractivity contribution in [3.63, 3.8) is 0 Å². The Morgan fingerprint density at radius 3 is 2.91 bits per heavy atom. The van der Waals surface area contributed by atoms with E-state index in [0.29, 0.717) is 23.4 Å². The summed E-state index contributed by atoms with van der Waals surface area (Å²) in [5, 5.41) is 10.3. The highest BCUT2D eigenvalue weighted by Gasteiger charge is 2.27. The summed E-state index contributed by atoms with van der Waals surface area (Å²) in [6.45, 7) is 1.96. The van der Waals surface area contributed by atoms with Gasteiger partial charge in [-0.2, -0.15) is 4.39 Å². The molecule has 114 valence electrons. The van der Waals surface area contributed by atoms with Gasteiger partial charge in [-0.25, -0.2) is 9.98 Å². The average molecular weight is 302 g/mol. The van der Waals surface area contributed by atoms with Crippen molar-refractivity contribution >= 4 is 11.6 Å². The third-order valence-electron chi connectivity index (χ3n) is 3.52. The summed E-state index contributed by atoms with van der Waals surface area (Å²) in [7, 11) is 1.56. The number of hydrogen-bond acceptors (Lipinski definition) is 5. The maximum atomic E-state index is 13.8. The van der Waals surface area contributed by atoms with E-state index >= 15 is 0 Å². The molecule has 5 nitrogen and oxygen atoms in total. The van der Waals surface area contributed by atoms with Crippen molar-refractivity contribution in [3.8, 4) is 5.75 Å². The van der Waals surface area contributed by atoms with E-state index in [0.717, 1.165) is 5.56 Å². The van der Waals surface area contributed by atoms with Crippen molar-refractivity contribution in [2.45, 2.75) is 19.6 Å². The molecule has 1 atom stereocenters. The fourth-order valence-corrected chi connectivity index (χ4v) is 2.43. The van der Waals surface area contributed by atoms with E-state index in [9.17, 15) is 9.50 Å². The second kappa shape index (κ2) is 5.73. The van der Waals surface area contributed by atoms with Crippen LogP contribution in [0, 0.1) is 5.95 Å². The minimum absolute atomic E-state index is 0.000839. The Kier molecular flexibility index (Phi) is 3.77. The Morgan fingerprint density at radius 2 is 2.23 bits per heavy atom. The van der Waals surface area contributed by atoms with Gasteiger partial charge in [-0.15, -0.1) is 0 Å². The monoisotopic (exact) mass is 302 g/mol. The number of aryl methyl sites for hydroxylation is 1. The normalized spacial score (nSPS) is 16.5. The smallest absolute Gasteiger partial charge is 0.228 e. The highest BCUT2D eigenvalue weighted by molar-refractivity contribution is 5.97. The van der Waals surface area contributed by atoms with E-state index in [1.165, 1.54) is 12.3 Å². The molecule has 1 aromatic carbocycles. The Hall–Kier alpha value is -2.47. The van der Waals surface area contributed by atoms with Crippen LogP contribution in [0.15, 0.2) is 35.5 Å². The van der Waals surface area contributed by atoms with Crippen molar-refractivity contribution in [1.82, 2.24) is 4.98 Å². The minimum Gasteiger partial charge on any atom is -0.497 e. The zero-order chi connectivity index (χ0) is 15.7. The lowest BCUT2D eigenvalue weighted by molar-refractivity contribution is -0.0324. The summed E-state index contributed by atoms with van der Waals surface area (Å²) in [5.74, 6) is -0.0733. The second-order valence-electron chi connectivity index (χ2n) is 4.80. The van der Waals surface area contributed by atoms with Crippen LogP contribution in [0.4, 0.5) is 10.1 Å². The van der Waals surface area contributed by atoms with Crippen LogP contribution < -0.4 is 4.74 Å². The molecule has 1 aliphatic heterocycles. The first kappa shape index (κ1) is 14.5. The molecule has 1 aliphatic rings. The lowest BCUT2D eigenvalue weighted by Crippen LogP contribution is -2.19. The SMILES string of the molecule is CCc1cc(OC)cc2c1C(O)OC(c1cccnc1F)=N2. The number of nitrogens with zero attached hydrogens (tertiary/aromatic N) is 2. The molecule has 1 aromatic heterocycles. The Bertz CT molecular complexity index is 746. The van der Waals surface area contributed by atoms with Gasteiger partial charge in [0.25, 0.3) is 0 Å². The topological polar surface area (TPSA) is 63.9 Å². The zero-order valence-corrected chi connectivity index (χ0v) is 12.2. The lowest BCUT2D eigenvalue weighted by Gasteiger charge is -2.24. The van der Waals surface area contributed by atoms with Crippen molar-refractivity contribution in [1.29, 1.82) is 0 Å². The fourth-order valence-electron chi connectivity index (χ4n) is 2.43. The molecular formula is C16H15FN2O3. The number of rotatable bonds is 3. The summed E-state index contributed by atoms with van der Waals surface area (Å²) in [5.41, 5.74) is 2.06. The molecular weight excluding hydrogens is 287 g/mol. The quantitative estimate of drug-likeness (QED) is 0.885. The maximum Gasteiger partial charge on any atom is 0.228 e. The maximum absolute atomic E-state index is 13.8. The van der Waals surface area contributed by atoms with Gasteiger partial charge in [-0.1, -0.05) is 6.92 Å². The number of halogens is 1. The number of fused-ring (bicyclic) bond motifs is 1. The summed E-state index contributed by atoms with van der Waals surface area (Å²) in [6.07, 6.45) is 0.819. The third-order valence-corrected chi connectivity index (χ3v) is 3.52. The molecule has 0 radical (unpaired) electrons. The molecule has 2 aromatic rings. The number of ether oxygens (including phenoxy) is 2. The summed E-state index contributed by atoms with van der Waals surface area (Å²) in [4.78, 5) is 7.89. The molecule has 6 heteroatoms. The Balaban J connectivity index is 2.16. The van der Waals surface area contributed by atoms with Crippen molar-refractivity contribution in [2.75, 3.05) is 7.11 Å². The molecule has 1 unspecified atom stereocenters. The molecule has 0 spiro atoms. The van der Waals surface area contributed by atoms with E-state index in [2.05, 4.69) is 9.98 Å². The van der Waals surface area contributed by atoms with E-state index in [4.69, 9.17) is 9.47 Å². The Labute approximate surface area is 127 Å². The molecule has 0 amide bonds. The predicted octanol–water partition coefficient (Wildman–Crippen LogP) is 2.89. The van der Waals surface area contributed by atoms with Crippen molar-refractivity contribution in [2.24, 2.45) is 4.99 Å². The highest BCUT2D eigenvalue weighted by Crippen LogP contribution is 2.38. The number of aliphatic imine (C=N–C) groups is 1. The van der Waals surface area contributed by atoms with Gasteiger partial charge >= 0.3 is 0 Å². The molecule has 22 heavy (non-hydrogen) atoms. The number of aromatic nitrogens is 1. The average Bonchev–Trinajstić information content (AvgIpc) is 2.53. The van der Waals surface area contributed by atoms with Crippen LogP contribution in [0.1, 0.15) is 29.9 Å². The van der Waals surface area contributed by atoms with Crippen LogP contribution in [0.2, 0.25) is 0 Å². The van der Waals surface area contributed by atoms with Crippen LogP contribution in [-0.2, 0) is 11.2 Å². The van der Waals surface area contributed by atoms with Crippen LogP contribution >= 0.6 is 0 Å². The second-order valence-corrected chi connectivity index (χ2v) is 4.80. The largest absolute Gasteiger partial charge is 0.497 e. The molecule has 0 saturated heterocycles. The van der Waals surface area contributed by atoms with Gasteiger partial charge < -0.3 is 14.6 Å². The molecule has 3 rings (SSSR count). The van der Waals surface area contributed by atoms with Crippen LogP contribution in [0.3, 0.4) is 0 Å². The number of pyridine rings is 1. The lowest BCUT2D eigenvalue weighted by atomic mass is 10.0. The molecule has 0 aliphatic carbocycles. The van der Waals surface area contributed by atoms with Crippen LogP contribution in [-0.4, -0.2) is 23.1 Å². The number of benzene rings is 1. The van der Waals surface area contributed by atoms with E-state index in [1.54, 1.807) is 19.2 Å². The van der Waals surface area contributed by atoms with Gasteiger partial charge in [-0.05, 0) is 30.2 Å². The summed E-state index contributed by atoms with van der Waals surface area (Å²) >= 11 is 0.